The molecular weight excluding hydrogens is 176 g/mol. The minimum absolute atomic E-state index is 0.135. The van der Waals surface area contributed by atoms with E-state index in [-0.39, 0.29) is 6.10 Å². The maximum absolute atomic E-state index is 9.36. The number of likely N-dealkylation sites (tertiary alicyclic amines) is 1. The smallest absolute Gasteiger partial charge is 0.0679 e. The summed E-state index contributed by atoms with van der Waals surface area (Å²) in [5, 5.41) is 9.36. The number of rotatable bonds is 2. The SMILES string of the molecule is Nc1ccc(CN2CC[C@@H](O)C2)cc1. The van der Waals surface area contributed by atoms with Crippen LogP contribution < -0.4 is 5.73 Å². The van der Waals surface area contributed by atoms with Gasteiger partial charge in [-0.2, -0.15) is 0 Å². The van der Waals surface area contributed by atoms with E-state index >= 15 is 0 Å². The fraction of sp³-hybridized carbons (Fsp3) is 0.455. The molecule has 0 amide bonds. The van der Waals surface area contributed by atoms with E-state index < -0.39 is 0 Å². The summed E-state index contributed by atoms with van der Waals surface area (Å²) in [6.07, 6.45) is 0.762. The van der Waals surface area contributed by atoms with Crippen molar-refractivity contribution in [1.29, 1.82) is 0 Å². The van der Waals surface area contributed by atoms with Crippen molar-refractivity contribution in [2.75, 3.05) is 18.8 Å². The Balaban J connectivity index is 1.94. The molecule has 0 bridgehead atoms. The minimum Gasteiger partial charge on any atom is -0.399 e. The molecule has 1 aromatic carbocycles. The van der Waals surface area contributed by atoms with E-state index in [0.29, 0.717) is 0 Å². The molecule has 76 valence electrons. The van der Waals surface area contributed by atoms with Gasteiger partial charge in [-0.1, -0.05) is 12.1 Å². The van der Waals surface area contributed by atoms with Gasteiger partial charge in [-0.3, -0.25) is 4.90 Å². The molecule has 3 nitrogen and oxygen atoms in total. The number of nitrogens with zero attached hydrogens (tertiary/aromatic N) is 1. The molecule has 0 saturated carbocycles. The van der Waals surface area contributed by atoms with Crippen molar-refractivity contribution in [2.45, 2.75) is 19.1 Å². The highest BCUT2D eigenvalue weighted by atomic mass is 16.3. The lowest BCUT2D eigenvalue weighted by atomic mass is 10.2. The highest BCUT2D eigenvalue weighted by molar-refractivity contribution is 5.39. The number of β-amino-alcohol motifs (C(OH)–C–C–N with tert-alkyl or cyclic N) is 1. The third kappa shape index (κ3) is 2.25. The van der Waals surface area contributed by atoms with Crippen LogP contribution in [0, 0.1) is 0 Å². The van der Waals surface area contributed by atoms with Crippen LogP contribution in [0.4, 0.5) is 5.69 Å². The van der Waals surface area contributed by atoms with Crippen molar-refractivity contribution in [2.24, 2.45) is 0 Å². The second-order valence-corrected chi connectivity index (χ2v) is 3.92. The maximum atomic E-state index is 9.36. The first-order valence-electron chi connectivity index (χ1n) is 4.99. The van der Waals surface area contributed by atoms with E-state index in [9.17, 15) is 5.11 Å². The Bertz CT molecular complexity index is 297. The van der Waals surface area contributed by atoms with Gasteiger partial charge >= 0.3 is 0 Å². The summed E-state index contributed by atoms with van der Waals surface area (Å²) < 4.78 is 0. The summed E-state index contributed by atoms with van der Waals surface area (Å²) in [5.74, 6) is 0. The van der Waals surface area contributed by atoms with Gasteiger partial charge in [0.05, 0.1) is 6.10 Å². The fourth-order valence-electron chi connectivity index (χ4n) is 1.84. The van der Waals surface area contributed by atoms with E-state index in [4.69, 9.17) is 5.73 Å². The van der Waals surface area contributed by atoms with Gasteiger partial charge < -0.3 is 10.8 Å². The Labute approximate surface area is 84.1 Å². The lowest BCUT2D eigenvalue weighted by molar-refractivity contribution is 0.175. The molecule has 1 heterocycles. The fourth-order valence-corrected chi connectivity index (χ4v) is 1.84. The molecule has 3 heteroatoms. The van der Waals surface area contributed by atoms with Gasteiger partial charge in [-0.05, 0) is 24.1 Å². The van der Waals surface area contributed by atoms with Crippen molar-refractivity contribution in [1.82, 2.24) is 4.90 Å². The zero-order valence-electron chi connectivity index (χ0n) is 8.19. The molecule has 0 aliphatic carbocycles. The van der Waals surface area contributed by atoms with E-state index in [1.807, 2.05) is 24.3 Å². The summed E-state index contributed by atoms with van der Waals surface area (Å²) in [7, 11) is 0. The first-order valence-corrected chi connectivity index (χ1v) is 4.99. The summed E-state index contributed by atoms with van der Waals surface area (Å²) in [5.41, 5.74) is 7.66. The number of aliphatic hydroxyl groups is 1. The Hall–Kier alpha value is -1.06. The molecule has 0 spiro atoms. The topological polar surface area (TPSA) is 49.5 Å². The molecule has 1 fully saturated rings. The lowest BCUT2D eigenvalue weighted by Gasteiger charge is -2.14. The molecule has 0 unspecified atom stereocenters. The molecule has 1 aliphatic rings. The van der Waals surface area contributed by atoms with Crippen LogP contribution in [0.2, 0.25) is 0 Å². The van der Waals surface area contributed by atoms with Gasteiger partial charge in [-0.15, -0.1) is 0 Å². The van der Waals surface area contributed by atoms with Crippen LogP contribution in [0.1, 0.15) is 12.0 Å². The number of benzene rings is 1. The van der Waals surface area contributed by atoms with Crippen LogP contribution in [0.25, 0.3) is 0 Å². The molecule has 1 atom stereocenters. The summed E-state index contributed by atoms with van der Waals surface area (Å²) in [6, 6.07) is 7.92. The van der Waals surface area contributed by atoms with Gasteiger partial charge in [0.2, 0.25) is 0 Å². The van der Waals surface area contributed by atoms with Crippen molar-refractivity contribution < 1.29 is 5.11 Å². The molecule has 1 aromatic rings. The van der Waals surface area contributed by atoms with Gasteiger partial charge in [-0.25, -0.2) is 0 Å². The van der Waals surface area contributed by atoms with Gasteiger partial charge in [0.25, 0.3) is 0 Å². The Morgan fingerprint density at radius 3 is 2.64 bits per heavy atom. The zero-order chi connectivity index (χ0) is 9.97. The van der Waals surface area contributed by atoms with E-state index in [2.05, 4.69) is 4.90 Å². The number of aliphatic hydroxyl groups excluding tert-OH is 1. The number of hydrogen-bond acceptors (Lipinski definition) is 3. The molecule has 2 rings (SSSR count). The molecule has 3 N–H and O–H groups in total. The average Bonchev–Trinajstić information content (AvgIpc) is 2.56. The monoisotopic (exact) mass is 192 g/mol. The Morgan fingerprint density at radius 2 is 2.07 bits per heavy atom. The first kappa shape index (κ1) is 9.49. The van der Waals surface area contributed by atoms with Gasteiger partial charge in [0.1, 0.15) is 0 Å². The van der Waals surface area contributed by atoms with Crippen LogP contribution in [-0.2, 0) is 6.54 Å². The number of nitrogens with two attached hydrogens (primary N) is 1. The van der Waals surface area contributed by atoms with Gasteiger partial charge in [0.15, 0.2) is 0 Å². The largest absolute Gasteiger partial charge is 0.399 e. The van der Waals surface area contributed by atoms with E-state index in [1.165, 1.54) is 5.56 Å². The van der Waals surface area contributed by atoms with Crippen LogP contribution in [0.3, 0.4) is 0 Å². The predicted octanol–water partition coefficient (Wildman–Crippen LogP) is 0.835. The molecule has 0 aromatic heterocycles. The molecular formula is C11H16N2O. The highest BCUT2D eigenvalue weighted by Gasteiger charge is 2.19. The average molecular weight is 192 g/mol. The number of nitrogen functional groups attached to an aromatic ring is 1. The van der Waals surface area contributed by atoms with E-state index in [1.54, 1.807) is 0 Å². The minimum atomic E-state index is -0.135. The molecule has 1 aliphatic heterocycles. The van der Waals surface area contributed by atoms with Crippen molar-refractivity contribution >= 4 is 5.69 Å². The second kappa shape index (κ2) is 3.98. The summed E-state index contributed by atoms with van der Waals surface area (Å²) in [6.45, 7) is 2.70. The molecule has 0 radical (unpaired) electrons. The predicted molar refractivity (Wildman–Crippen MR) is 56.8 cm³/mol. The zero-order valence-corrected chi connectivity index (χ0v) is 8.19. The third-order valence-electron chi connectivity index (χ3n) is 2.63. The van der Waals surface area contributed by atoms with Crippen LogP contribution in [0.15, 0.2) is 24.3 Å². The van der Waals surface area contributed by atoms with Crippen molar-refractivity contribution in [3.05, 3.63) is 29.8 Å². The second-order valence-electron chi connectivity index (χ2n) is 3.92. The summed E-state index contributed by atoms with van der Waals surface area (Å²) >= 11 is 0. The molecule has 1 saturated heterocycles. The van der Waals surface area contributed by atoms with Crippen molar-refractivity contribution in [3.63, 3.8) is 0 Å². The van der Waals surface area contributed by atoms with Crippen LogP contribution >= 0.6 is 0 Å². The summed E-state index contributed by atoms with van der Waals surface area (Å²) in [4.78, 5) is 2.26. The van der Waals surface area contributed by atoms with Gasteiger partial charge in [0, 0.05) is 25.3 Å². The van der Waals surface area contributed by atoms with Crippen LogP contribution in [-0.4, -0.2) is 29.2 Å². The highest BCUT2D eigenvalue weighted by Crippen LogP contribution is 2.14. The number of anilines is 1. The normalized spacial score (nSPS) is 22.8. The number of hydrogen-bond donors (Lipinski definition) is 2. The first-order chi connectivity index (χ1) is 6.74. The van der Waals surface area contributed by atoms with E-state index in [0.717, 1.165) is 31.7 Å². The standard InChI is InChI=1S/C11H16N2O/c12-10-3-1-9(2-4-10)7-13-6-5-11(14)8-13/h1-4,11,14H,5-8,12H2/t11-/m1/s1. The maximum Gasteiger partial charge on any atom is 0.0679 e. The Kier molecular flexibility index (Phi) is 2.70. The lowest BCUT2D eigenvalue weighted by Crippen LogP contribution is -2.21. The van der Waals surface area contributed by atoms with Crippen molar-refractivity contribution in [3.8, 4) is 0 Å². The Morgan fingerprint density at radius 1 is 1.36 bits per heavy atom. The van der Waals surface area contributed by atoms with Crippen LogP contribution in [0.5, 0.6) is 0 Å². The molecule has 14 heavy (non-hydrogen) atoms. The third-order valence-corrected chi connectivity index (χ3v) is 2.63. The quantitative estimate of drug-likeness (QED) is 0.682.